The molecule has 0 amide bonds. The topological polar surface area (TPSA) is 43.4 Å². The molecular weight excluding hydrogens is 204 g/mol. The molecule has 0 aromatic heterocycles. The van der Waals surface area contributed by atoms with Crippen LogP contribution >= 0.6 is 0 Å². The second-order valence-corrected chi connectivity index (χ2v) is 5.69. The summed E-state index contributed by atoms with van der Waals surface area (Å²) in [5, 5.41) is 0. The van der Waals surface area contributed by atoms with Crippen molar-refractivity contribution in [2.45, 2.75) is 40.0 Å². The van der Waals surface area contributed by atoms with Crippen molar-refractivity contribution in [1.82, 2.24) is 0 Å². The fourth-order valence-electron chi connectivity index (χ4n) is 3.36. The highest BCUT2D eigenvalue weighted by atomic mass is 16.5. The maximum atomic E-state index is 12.1. The summed E-state index contributed by atoms with van der Waals surface area (Å²) in [6.45, 7) is 6.57. The monoisotopic (exact) mass is 224 g/mol. The molecule has 2 saturated carbocycles. The minimum absolute atomic E-state index is 0.123. The Morgan fingerprint density at radius 1 is 1.44 bits per heavy atom. The van der Waals surface area contributed by atoms with Crippen molar-refractivity contribution < 1.29 is 14.3 Å². The average molecular weight is 224 g/mol. The van der Waals surface area contributed by atoms with Crippen LogP contribution in [0.5, 0.6) is 0 Å². The summed E-state index contributed by atoms with van der Waals surface area (Å²) in [7, 11) is 0. The summed E-state index contributed by atoms with van der Waals surface area (Å²) in [5.74, 6) is -0.0363. The van der Waals surface area contributed by atoms with Crippen LogP contribution in [-0.2, 0) is 14.3 Å². The summed E-state index contributed by atoms with van der Waals surface area (Å²) in [6, 6.07) is 0. The molecule has 0 spiro atoms. The van der Waals surface area contributed by atoms with Gasteiger partial charge in [0.15, 0.2) is 0 Å². The van der Waals surface area contributed by atoms with E-state index in [9.17, 15) is 9.59 Å². The van der Waals surface area contributed by atoms with Crippen LogP contribution in [0.1, 0.15) is 40.0 Å². The van der Waals surface area contributed by atoms with Gasteiger partial charge in [0.2, 0.25) is 0 Å². The Balaban J connectivity index is 2.03. The number of hydrogen-bond donors (Lipinski definition) is 0. The molecule has 2 aliphatic rings. The van der Waals surface area contributed by atoms with E-state index >= 15 is 0 Å². The van der Waals surface area contributed by atoms with Crippen molar-refractivity contribution >= 4 is 11.8 Å². The zero-order chi connectivity index (χ0) is 11.9. The first-order valence-electron chi connectivity index (χ1n) is 6.17. The zero-order valence-electron chi connectivity index (χ0n) is 10.3. The molecule has 0 aromatic carbocycles. The van der Waals surface area contributed by atoms with Gasteiger partial charge in [0.1, 0.15) is 11.7 Å². The molecular formula is C13H20O3. The van der Waals surface area contributed by atoms with Crippen LogP contribution in [0.15, 0.2) is 0 Å². The van der Waals surface area contributed by atoms with E-state index in [1.165, 1.54) is 0 Å². The van der Waals surface area contributed by atoms with Crippen molar-refractivity contribution in [3.8, 4) is 0 Å². The van der Waals surface area contributed by atoms with Gasteiger partial charge in [-0.15, -0.1) is 0 Å². The molecule has 0 aromatic rings. The lowest BCUT2D eigenvalue weighted by Crippen LogP contribution is -2.53. The quantitative estimate of drug-likeness (QED) is 0.533. The van der Waals surface area contributed by atoms with E-state index in [4.69, 9.17) is 4.74 Å². The zero-order valence-corrected chi connectivity index (χ0v) is 10.3. The molecule has 3 heteroatoms. The smallest absolute Gasteiger partial charge is 0.316 e. The number of rotatable bonds is 2. The lowest BCUT2D eigenvalue weighted by atomic mass is 9.49. The lowest BCUT2D eigenvalue weighted by molar-refractivity contribution is -0.163. The Hall–Kier alpha value is -0.860. The maximum Gasteiger partial charge on any atom is 0.316 e. The molecule has 3 atom stereocenters. The minimum atomic E-state index is -0.475. The Morgan fingerprint density at radius 3 is 2.69 bits per heavy atom. The van der Waals surface area contributed by atoms with Crippen LogP contribution in [0.25, 0.3) is 0 Å². The van der Waals surface area contributed by atoms with Crippen molar-refractivity contribution in [2.75, 3.05) is 6.61 Å². The van der Waals surface area contributed by atoms with E-state index in [1.807, 2.05) is 0 Å². The largest absolute Gasteiger partial charge is 0.465 e. The van der Waals surface area contributed by atoms with Gasteiger partial charge in [-0.1, -0.05) is 13.8 Å². The molecule has 0 aliphatic heterocycles. The van der Waals surface area contributed by atoms with Crippen molar-refractivity contribution in [1.29, 1.82) is 0 Å². The van der Waals surface area contributed by atoms with Crippen LogP contribution in [-0.4, -0.2) is 18.4 Å². The Bertz CT molecular complexity index is 319. The molecule has 3 nitrogen and oxygen atoms in total. The first-order chi connectivity index (χ1) is 7.47. The molecule has 2 aliphatic carbocycles. The van der Waals surface area contributed by atoms with Crippen LogP contribution < -0.4 is 0 Å². The van der Waals surface area contributed by atoms with E-state index in [-0.39, 0.29) is 17.7 Å². The van der Waals surface area contributed by atoms with E-state index in [0.717, 1.165) is 12.8 Å². The molecule has 0 radical (unpaired) electrons. The summed E-state index contributed by atoms with van der Waals surface area (Å²) >= 11 is 0. The number of carbonyl (C=O) groups is 2. The van der Waals surface area contributed by atoms with Gasteiger partial charge in [0, 0.05) is 5.92 Å². The van der Waals surface area contributed by atoms with Gasteiger partial charge in [-0.3, -0.25) is 9.59 Å². The highest BCUT2D eigenvalue weighted by Gasteiger charge is 2.55. The number of ether oxygens (including phenoxy) is 1. The number of ketones is 1. The van der Waals surface area contributed by atoms with E-state index in [0.29, 0.717) is 24.4 Å². The lowest BCUT2D eigenvalue weighted by Gasteiger charge is -2.54. The molecule has 90 valence electrons. The van der Waals surface area contributed by atoms with Crippen LogP contribution in [0, 0.1) is 23.2 Å². The van der Waals surface area contributed by atoms with Gasteiger partial charge in [-0.05, 0) is 37.5 Å². The third kappa shape index (κ3) is 1.66. The molecule has 16 heavy (non-hydrogen) atoms. The second kappa shape index (κ2) is 3.86. The number of Topliss-reactive ketones (excluding diaryl/α,β-unsaturated/α-hetero) is 1. The molecule has 2 rings (SSSR count). The molecule has 0 heterocycles. The number of hydrogen-bond acceptors (Lipinski definition) is 3. The average Bonchev–Trinajstić information content (AvgIpc) is 2.20. The molecule has 2 fully saturated rings. The maximum absolute atomic E-state index is 12.1. The summed E-state index contributed by atoms with van der Waals surface area (Å²) < 4.78 is 4.95. The second-order valence-electron chi connectivity index (χ2n) is 5.69. The van der Waals surface area contributed by atoms with Crippen LogP contribution in [0.2, 0.25) is 0 Å². The van der Waals surface area contributed by atoms with Crippen molar-refractivity contribution in [3.63, 3.8) is 0 Å². The van der Waals surface area contributed by atoms with Gasteiger partial charge in [0.25, 0.3) is 0 Å². The summed E-state index contributed by atoms with van der Waals surface area (Å²) in [4.78, 5) is 23.7. The van der Waals surface area contributed by atoms with E-state index in [2.05, 4.69) is 13.8 Å². The number of fused-ring (bicyclic) bond motifs is 1. The molecule has 0 N–H and O–H groups in total. The highest BCUT2D eigenvalue weighted by molar-refractivity contribution is 6.01. The van der Waals surface area contributed by atoms with Crippen LogP contribution in [0.3, 0.4) is 0 Å². The fraction of sp³-hybridized carbons (Fsp3) is 0.846. The molecule has 0 saturated heterocycles. The van der Waals surface area contributed by atoms with E-state index in [1.54, 1.807) is 6.92 Å². The van der Waals surface area contributed by atoms with Gasteiger partial charge >= 0.3 is 5.97 Å². The van der Waals surface area contributed by atoms with Gasteiger partial charge in [-0.2, -0.15) is 0 Å². The Labute approximate surface area is 96.5 Å². The molecule has 0 bridgehead atoms. The summed E-state index contributed by atoms with van der Waals surface area (Å²) in [6.07, 6.45) is 2.61. The predicted molar refractivity (Wildman–Crippen MR) is 59.7 cm³/mol. The normalized spacial score (nSPS) is 36.2. The van der Waals surface area contributed by atoms with Crippen molar-refractivity contribution in [2.24, 2.45) is 23.2 Å². The standard InChI is InChI=1S/C13H20O3/c1-4-16-12(15)8-5-6-10-9(11(8)14)7-13(10,2)3/h8-10H,4-7H2,1-3H3/t8?,9-,10-/m1/s1. The highest BCUT2D eigenvalue weighted by Crippen LogP contribution is 2.56. The van der Waals surface area contributed by atoms with Crippen LogP contribution in [0.4, 0.5) is 0 Å². The predicted octanol–water partition coefficient (Wildman–Crippen LogP) is 2.19. The fourth-order valence-corrected chi connectivity index (χ4v) is 3.36. The van der Waals surface area contributed by atoms with Gasteiger partial charge < -0.3 is 4.74 Å². The molecule has 1 unspecified atom stereocenters. The van der Waals surface area contributed by atoms with Gasteiger partial charge in [0.05, 0.1) is 6.61 Å². The Kier molecular flexibility index (Phi) is 2.81. The SMILES string of the molecule is CCOC(=O)C1CC[C@@H]2[C@@H](CC2(C)C)C1=O. The first-order valence-corrected chi connectivity index (χ1v) is 6.17. The summed E-state index contributed by atoms with van der Waals surface area (Å²) in [5.41, 5.74) is 0.292. The van der Waals surface area contributed by atoms with Gasteiger partial charge in [-0.25, -0.2) is 0 Å². The van der Waals surface area contributed by atoms with Crippen molar-refractivity contribution in [3.05, 3.63) is 0 Å². The third-order valence-electron chi connectivity index (χ3n) is 4.28. The third-order valence-corrected chi connectivity index (χ3v) is 4.28. The number of esters is 1. The Morgan fingerprint density at radius 2 is 2.12 bits per heavy atom. The van der Waals surface area contributed by atoms with E-state index < -0.39 is 5.92 Å². The number of carbonyl (C=O) groups excluding carboxylic acids is 2. The minimum Gasteiger partial charge on any atom is -0.465 e. The first kappa shape index (κ1) is 11.6.